The summed E-state index contributed by atoms with van der Waals surface area (Å²) < 4.78 is 5.47. The highest BCUT2D eigenvalue weighted by molar-refractivity contribution is 5.42. The van der Waals surface area contributed by atoms with Crippen LogP contribution in [0.3, 0.4) is 0 Å². The Morgan fingerprint density at radius 3 is 2.26 bits per heavy atom. The standard InChI is InChI=1S/C17H28O2/c1-12(2)9-13(11-18)15-10-14(17(3,4)5)7-8-16(15)19-6/h7-8,10,12-13,18H,9,11H2,1-6H3. The molecule has 0 amide bonds. The van der Waals surface area contributed by atoms with Gasteiger partial charge in [-0.15, -0.1) is 0 Å². The molecule has 0 saturated carbocycles. The molecule has 0 saturated heterocycles. The third kappa shape index (κ3) is 4.24. The van der Waals surface area contributed by atoms with Crippen molar-refractivity contribution in [3.8, 4) is 5.75 Å². The van der Waals surface area contributed by atoms with E-state index in [1.54, 1.807) is 7.11 Å². The molecular weight excluding hydrogens is 236 g/mol. The van der Waals surface area contributed by atoms with Crippen LogP contribution in [-0.4, -0.2) is 18.8 Å². The van der Waals surface area contributed by atoms with Crippen molar-refractivity contribution < 1.29 is 9.84 Å². The van der Waals surface area contributed by atoms with Crippen LogP contribution in [0.15, 0.2) is 18.2 Å². The van der Waals surface area contributed by atoms with E-state index in [2.05, 4.69) is 46.8 Å². The fraction of sp³-hybridized carbons (Fsp3) is 0.647. The smallest absolute Gasteiger partial charge is 0.122 e. The molecule has 0 bridgehead atoms. The van der Waals surface area contributed by atoms with E-state index in [1.807, 2.05) is 6.07 Å². The van der Waals surface area contributed by atoms with Crippen LogP contribution in [0.25, 0.3) is 0 Å². The predicted octanol–water partition coefficient (Wildman–Crippen LogP) is 4.11. The molecule has 2 heteroatoms. The van der Waals surface area contributed by atoms with Gasteiger partial charge in [-0.25, -0.2) is 0 Å². The molecular formula is C17H28O2. The number of rotatable bonds is 5. The molecule has 1 rings (SSSR count). The molecule has 0 spiro atoms. The minimum absolute atomic E-state index is 0.110. The summed E-state index contributed by atoms with van der Waals surface area (Å²) in [4.78, 5) is 0. The van der Waals surface area contributed by atoms with Crippen LogP contribution in [-0.2, 0) is 5.41 Å². The quantitative estimate of drug-likeness (QED) is 0.867. The Hall–Kier alpha value is -1.02. The molecule has 0 fully saturated rings. The van der Waals surface area contributed by atoms with Gasteiger partial charge >= 0.3 is 0 Å². The van der Waals surface area contributed by atoms with Gasteiger partial charge in [0.05, 0.1) is 13.7 Å². The number of aliphatic hydroxyl groups is 1. The van der Waals surface area contributed by atoms with Crippen LogP contribution in [0, 0.1) is 5.92 Å². The molecule has 0 aliphatic carbocycles. The van der Waals surface area contributed by atoms with Gasteiger partial charge in [-0.2, -0.15) is 0 Å². The maximum Gasteiger partial charge on any atom is 0.122 e. The average Bonchev–Trinajstić information content (AvgIpc) is 2.33. The number of ether oxygens (including phenoxy) is 1. The molecule has 0 aromatic heterocycles. The lowest BCUT2D eigenvalue weighted by molar-refractivity contribution is 0.245. The van der Waals surface area contributed by atoms with Crippen LogP contribution in [0.4, 0.5) is 0 Å². The maximum atomic E-state index is 9.69. The van der Waals surface area contributed by atoms with Gasteiger partial charge in [-0.1, -0.05) is 46.8 Å². The lowest BCUT2D eigenvalue weighted by Gasteiger charge is -2.24. The van der Waals surface area contributed by atoms with E-state index in [9.17, 15) is 5.11 Å². The molecule has 2 nitrogen and oxygen atoms in total. The normalized spacial score (nSPS) is 13.7. The predicted molar refractivity (Wildman–Crippen MR) is 81.0 cm³/mol. The van der Waals surface area contributed by atoms with Gasteiger partial charge in [-0.3, -0.25) is 0 Å². The summed E-state index contributed by atoms with van der Waals surface area (Å²) in [5, 5.41) is 9.69. The maximum absolute atomic E-state index is 9.69. The zero-order valence-electron chi connectivity index (χ0n) is 13.2. The van der Waals surface area contributed by atoms with E-state index in [-0.39, 0.29) is 17.9 Å². The second kappa shape index (κ2) is 6.42. The van der Waals surface area contributed by atoms with E-state index in [4.69, 9.17) is 4.74 Å². The van der Waals surface area contributed by atoms with Gasteiger partial charge < -0.3 is 9.84 Å². The molecule has 108 valence electrons. The second-order valence-electron chi connectivity index (χ2n) is 6.72. The van der Waals surface area contributed by atoms with Crippen molar-refractivity contribution in [2.45, 2.75) is 52.4 Å². The van der Waals surface area contributed by atoms with Crippen molar-refractivity contribution in [3.05, 3.63) is 29.3 Å². The van der Waals surface area contributed by atoms with E-state index < -0.39 is 0 Å². The molecule has 1 aromatic carbocycles. The van der Waals surface area contributed by atoms with E-state index in [0.717, 1.165) is 17.7 Å². The number of aliphatic hydroxyl groups excluding tert-OH is 1. The lowest BCUT2D eigenvalue weighted by atomic mass is 9.82. The van der Waals surface area contributed by atoms with Crippen molar-refractivity contribution in [1.29, 1.82) is 0 Å². The Labute approximate surface area is 117 Å². The first kappa shape index (κ1) is 16.0. The third-order valence-corrected chi connectivity index (χ3v) is 3.51. The van der Waals surface area contributed by atoms with E-state index in [0.29, 0.717) is 5.92 Å². The highest BCUT2D eigenvalue weighted by Crippen LogP contribution is 2.34. The highest BCUT2D eigenvalue weighted by Gasteiger charge is 2.21. The largest absolute Gasteiger partial charge is 0.496 e. The lowest BCUT2D eigenvalue weighted by Crippen LogP contribution is -2.14. The van der Waals surface area contributed by atoms with Crippen LogP contribution in [0.1, 0.15) is 58.1 Å². The molecule has 0 radical (unpaired) electrons. The molecule has 1 N–H and O–H groups in total. The Balaban J connectivity index is 3.21. The fourth-order valence-electron chi connectivity index (χ4n) is 2.39. The molecule has 0 heterocycles. The van der Waals surface area contributed by atoms with Crippen LogP contribution in [0.2, 0.25) is 0 Å². The molecule has 0 aliphatic rings. The van der Waals surface area contributed by atoms with E-state index in [1.165, 1.54) is 5.56 Å². The second-order valence-corrected chi connectivity index (χ2v) is 6.72. The topological polar surface area (TPSA) is 29.5 Å². The number of methoxy groups -OCH3 is 1. The zero-order valence-corrected chi connectivity index (χ0v) is 13.2. The fourth-order valence-corrected chi connectivity index (χ4v) is 2.39. The minimum Gasteiger partial charge on any atom is -0.496 e. The summed E-state index contributed by atoms with van der Waals surface area (Å²) in [7, 11) is 1.69. The van der Waals surface area contributed by atoms with Crippen LogP contribution in [0.5, 0.6) is 5.75 Å². The third-order valence-electron chi connectivity index (χ3n) is 3.51. The van der Waals surface area contributed by atoms with Crippen molar-refractivity contribution in [3.63, 3.8) is 0 Å². The molecule has 1 aromatic rings. The van der Waals surface area contributed by atoms with Gasteiger partial charge in [0.1, 0.15) is 5.75 Å². The Morgan fingerprint density at radius 1 is 1.21 bits per heavy atom. The van der Waals surface area contributed by atoms with Crippen molar-refractivity contribution in [1.82, 2.24) is 0 Å². The monoisotopic (exact) mass is 264 g/mol. The number of hydrogen-bond donors (Lipinski definition) is 1. The first-order valence-corrected chi connectivity index (χ1v) is 7.08. The van der Waals surface area contributed by atoms with E-state index >= 15 is 0 Å². The van der Waals surface area contributed by atoms with Crippen molar-refractivity contribution in [2.75, 3.05) is 13.7 Å². The molecule has 0 aliphatic heterocycles. The van der Waals surface area contributed by atoms with Gasteiger partial charge in [0.15, 0.2) is 0 Å². The van der Waals surface area contributed by atoms with Gasteiger partial charge in [-0.05, 0) is 34.9 Å². The Kier molecular flexibility index (Phi) is 5.42. The Morgan fingerprint density at radius 2 is 1.84 bits per heavy atom. The SMILES string of the molecule is COc1ccc(C(C)(C)C)cc1C(CO)CC(C)C. The van der Waals surface area contributed by atoms with Gasteiger partial charge in [0, 0.05) is 5.92 Å². The van der Waals surface area contributed by atoms with Crippen LogP contribution >= 0.6 is 0 Å². The summed E-state index contributed by atoms with van der Waals surface area (Å²) in [6.07, 6.45) is 0.973. The van der Waals surface area contributed by atoms with Crippen molar-refractivity contribution in [2.24, 2.45) is 5.92 Å². The highest BCUT2D eigenvalue weighted by atomic mass is 16.5. The van der Waals surface area contributed by atoms with Gasteiger partial charge in [0.25, 0.3) is 0 Å². The summed E-state index contributed by atoms with van der Waals surface area (Å²) in [5.74, 6) is 1.59. The summed E-state index contributed by atoms with van der Waals surface area (Å²) in [5.41, 5.74) is 2.52. The average molecular weight is 264 g/mol. The first-order chi connectivity index (χ1) is 8.79. The molecule has 1 unspecified atom stereocenters. The molecule has 19 heavy (non-hydrogen) atoms. The Bertz CT molecular complexity index is 402. The minimum atomic E-state index is 0.110. The molecule has 1 atom stereocenters. The first-order valence-electron chi connectivity index (χ1n) is 7.08. The van der Waals surface area contributed by atoms with Crippen LogP contribution < -0.4 is 4.74 Å². The number of benzene rings is 1. The summed E-state index contributed by atoms with van der Waals surface area (Å²) >= 11 is 0. The van der Waals surface area contributed by atoms with Gasteiger partial charge in [0.2, 0.25) is 0 Å². The number of hydrogen-bond acceptors (Lipinski definition) is 2. The zero-order chi connectivity index (χ0) is 14.6. The van der Waals surface area contributed by atoms with Crippen molar-refractivity contribution >= 4 is 0 Å². The summed E-state index contributed by atoms with van der Waals surface area (Å²) in [6.45, 7) is 11.1. The summed E-state index contributed by atoms with van der Waals surface area (Å²) in [6, 6.07) is 6.34.